The van der Waals surface area contributed by atoms with Gasteiger partial charge >= 0.3 is 5.97 Å². The molecule has 0 fully saturated rings. The number of hydrogen-bond donors (Lipinski definition) is 2. The number of nitrogens with two attached hydrogens (primary N) is 1. The van der Waals surface area contributed by atoms with Gasteiger partial charge in [-0.2, -0.15) is 0 Å². The van der Waals surface area contributed by atoms with Crippen LogP contribution < -0.4 is 10.9 Å². The van der Waals surface area contributed by atoms with E-state index < -0.39 is 5.97 Å². The molecule has 0 bridgehead atoms. The van der Waals surface area contributed by atoms with Crippen molar-refractivity contribution >= 4 is 23.3 Å². The van der Waals surface area contributed by atoms with Gasteiger partial charge in [-0.15, -0.1) is 0 Å². The van der Waals surface area contributed by atoms with Crippen LogP contribution in [0, 0.1) is 0 Å². The van der Waals surface area contributed by atoms with Crippen LogP contribution in [0.2, 0.25) is 5.02 Å². The van der Waals surface area contributed by atoms with Crippen LogP contribution in [0.5, 0.6) is 0 Å². The number of carboxylic acids is 1. The fraction of sp³-hybridized carbons (Fsp3) is 0.125. The molecule has 0 saturated heterocycles. The highest BCUT2D eigenvalue weighted by Crippen LogP contribution is 2.16. The molecule has 0 aliphatic carbocycles. The lowest BCUT2D eigenvalue weighted by molar-refractivity contribution is -0.135. The van der Waals surface area contributed by atoms with Crippen molar-refractivity contribution in [3.63, 3.8) is 0 Å². The van der Waals surface area contributed by atoms with Crippen LogP contribution in [0.15, 0.2) is 24.3 Å². The van der Waals surface area contributed by atoms with E-state index in [4.69, 9.17) is 22.6 Å². The van der Waals surface area contributed by atoms with E-state index in [1.807, 2.05) is 0 Å². The van der Waals surface area contributed by atoms with E-state index in [1.54, 1.807) is 24.3 Å². The molecule has 0 amide bonds. The Bertz CT molecular complexity index is 317. The molecule has 3 N–H and O–H groups in total. The van der Waals surface area contributed by atoms with Gasteiger partial charge in [0, 0.05) is 5.02 Å². The summed E-state index contributed by atoms with van der Waals surface area (Å²) in [5.74, 6) is 4.47. The summed E-state index contributed by atoms with van der Waals surface area (Å²) in [4.78, 5) is 10.3. The number of benzene rings is 1. The fourth-order valence-corrected chi connectivity index (χ4v) is 1.08. The average Bonchev–Trinajstić information content (AvgIpc) is 2.03. The minimum absolute atomic E-state index is 0.250. The molecule has 1 aromatic rings. The Morgan fingerprint density at radius 2 is 2.31 bits per heavy atom. The minimum Gasteiger partial charge on any atom is -0.480 e. The third kappa shape index (κ3) is 2.93. The number of hydrogen-bond acceptors (Lipinski definition) is 3. The SMILES string of the molecule is NN(CC(=O)O)c1cccc(Cl)c1. The Morgan fingerprint density at radius 1 is 1.62 bits per heavy atom. The summed E-state index contributed by atoms with van der Waals surface area (Å²) in [6, 6.07) is 6.69. The van der Waals surface area contributed by atoms with Gasteiger partial charge in [0.25, 0.3) is 0 Å². The molecule has 0 unspecified atom stereocenters. The second-order valence-corrected chi connectivity index (χ2v) is 2.94. The molecule has 13 heavy (non-hydrogen) atoms. The zero-order chi connectivity index (χ0) is 9.84. The van der Waals surface area contributed by atoms with E-state index in [2.05, 4.69) is 0 Å². The lowest BCUT2D eigenvalue weighted by Gasteiger charge is -2.15. The first-order valence-electron chi connectivity index (χ1n) is 3.59. The first kappa shape index (κ1) is 9.83. The van der Waals surface area contributed by atoms with Crippen LogP contribution in [0.3, 0.4) is 0 Å². The van der Waals surface area contributed by atoms with Crippen LogP contribution in [0.1, 0.15) is 0 Å². The van der Waals surface area contributed by atoms with Crippen molar-refractivity contribution in [2.75, 3.05) is 11.6 Å². The average molecular weight is 201 g/mol. The van der Waals surface area contributed by atoms with Gasteiger partial charge in [0.05, 0.1) is 5.69 Å². The van der Waals surface area contributed by atoms with Crippen LogP contribution in [-0.2, 0) is 4.79 Å². The van der Waals surface area contributed by atoms with E-state index in [1.165, 1.54) is 0 Å². The second kappa shape index (κ2) is 4.11. The molecular weight excluding hydrogens is 192 g/mol. The molecule has 4 nitrogen and oxygen atoms in total. The molecule has 0 aromatic heterocycles. The van der Waals surface area contributed by atoms with Gasteiger partial charge in [0.2, 0.25) is 0 Å². The maximum Gasteiger partial charge on any atom is 0.324 e. The van der Waals surface area contributed by atoms with Gasteiger partial charge < -0.3 is 5.11 Å². The lowest BCUT2D eigenvalue weighted by Crippen LogP contribution is -2.35. The predicted octanol–water partition coefficient (Wildman–Crippen LogP) is 1.10. The van der Waals surface area contributed by atoms with Crippen LogP contribution in [0.4, 0.5) is 5.69 Å². The molecular formula is C8H9ClN2O2. The summed E-state index contributed by atoms with van der Waals surface area (Å²) in [6.45, 7) is -0.250. The Hall–Kier alpha value is -1.26. The number of aliphatic carboxylic acids is 1. The van der Waals surface area contributed by atoms with Crippen molar-refractivity contribution < 1.29 is 9.90 Å². The number of hydrazine groups is 1. The zero-order valence-corrected chi connectivity index (χ0v) is 7.53. The van der Waals surface area contributed by atoms with Gasteiger partial charge in [0.1, 0.15) is 6.54 Å². The number of rotatable bonds is 3. The molecule has 5 heteroatoms. The van der Waals surface area contributed by atoms with Gasteiger partial charge in [-0.25, -0.2) is 5.84 Å². The van der Waals surface area contributed by atoms with E-state index in [0.717, 1.165) is 5.01 Å². The van der Waals surface area contributed by atoms with Crippen molar-refractivity contribution in [1.29, 1.82) is 0 Å². The Morgan fingerprint density at radius 3 is 2.85 bits per heavy atom. The standard InChI is InChI=1S/C8H9ClN2O2/c9-6-2-1-3-7(4-6)11(10)5-8(12)13/h1-4H,5,10H2,(H,12,13). The largest absolute Gasteiger partial charge is 0.480 e. The minimum atomic E-state index is -0.984. The molecule has 0 atom stereocenters. The number of anilines is 1. The Labute approximate surface area is 80.5 Å². The smallest absolute Gasteiger partial charge is 0.324 e. The van der Waals surface area contributed by atoms with Crippen molar-refractivity contribution in [2.45, 2.75) is 0 Å². The van der Waals surface area contributed by atoms with Gasteiger partial charge in [0.15, 0.2) is 0 Å². The molecule has 1 aromatic carbocycles. The summed E-state index contributed by atoms with van der Waals surface area (Å²) in [5, 5.41) is 10.1. The fourth-order valence-electron chi connectivity index (χ4n) is 0.892. The third-order valence-electron chi connectivity index (χ3n) is 1.45. The molecule has 70 valence electrons. The highest BCUT2D eigenvalue weighted by Gasteiger charge is 2.05. The molecule has 0 aliphatic rings. The molecule has 1 rings (SSSR count). The Kier molecular flexibility index (Phi) is 3.11. The lowest BCUT2D eigenvalue weighted by atomic mass is 10.3. The van der Waals surface area contributed by atoms with E-state index >= 15 is 0 Å². The molecule has 0 saturated carbocycles. The van der Waals surface area contributed by atoms with E-state index in [9.17, 15) is 4.79 Å². The normalized spacial score (nSPS) is 9.69. The highest BCUT2D eigenvalue weighted by molar-refractivity contribution is 6.30. The highest BCUT2D eigenvalue weighted by atomic mass is 35.5. The van der Waals surface area contributed by atoms with Crippen LogP contribution in [0.25, 0.3) is 0 Å². The summed E-state index contributed by atoms with van der Waals surface area (Å²) >= 11 is 5.70. The molecule has 0 radical (unpaired) electrons. The third-order valence-corrected chi connectivity index (χ3v) is 1.68. The molecule has 0 aliphatic heterocycles. The van der Waals surface area contributed by atoms with Gasteiger partial charge in [-0.1, -0.05) is 17.7 Å². The Balaban J connectivity index is 2.76. The number of carbonyl (C=O) groups is 1. The van der Waals surface area contributed by atoms with Crippen molar-refractivity contribution in [3.8, 4) is 0 Å². The maximum atomic E-state index is 10.3. The summed E-state index contributed by atoms with van der Waals surface area (Å²) in [7, 11) is 0. The molecule has 0 heterocycles. The van der Waals surface area contributed by atoms with Gasteiger partial charge in [-0.3, -0.25) is 9.80 Å². The van der Waals surface area contributed by atoms with Crippen LogP contribution >= 0.6 is 11.6 Å². The summed E-state index contributed by atoms with van der Waals surface area (Å²) in [5.41, 5.74) is 0.579. The topological polar surface area (TPSA) is 66.6 Å². The quantitative estimate of drug-likeness (QED) is 0.567. The first-order valence-corrected chi connectivity index (χ1v) is 3.97. The predicted molar refractivity (Wildman–Crippen MR) is 50.6 cm³/mol. The van der Waals surface area contributed by atoms with Crippen molar-refractivity contribution in [2.24, 2.45) is 5.84 Å². The van der Waals surface area contributed by atoms with E-state index in [-0.39, 0.29) is 6.54 Å². The van der Waals surface area contributed by atoms with Gasteiger partial charge in [-0.05, 0) is 18.2 Å². The second-order valence-electron chi connectivity index (χ2n) is 2.50. The molecule has 0 spiro atoms. The van der Waals surface area contributed by atoms with Crippen LogP contribution in [-0.4, -0.2) is 17.6 Å². The monoisotopic (exact) mass is 200 g/mol. The summed E-state index contributed by atoms with van der Waals surface area (Å²) in [6.07, 6.45) is 0. The van der Waals surface area contributed by atoms with E-state index in [0.29, 0.717) is 10.7 Å². The van der Waals surface area contributed by atoms with Crippen molar-refractivity contribution in [3.05, 3.63) is 29.3 Å². The first-order chi connectivity index (χ1) is 6.09. The maximum absolute atomic E-state index is 10.3. The number of carboxylic acid groups (broad SMARTS) is 1. The summed E-state index contributed by atoms with van der Waals surface area (Å²) < 4.78 is 0. The number of nitrogens with zero attached hydrogens (tertiary/aromatic N) is 1. The van der Waals surface area contributed by atoms with Crippen molar-refractivity contribution in [1.82, 2.24) is 0 Å². The zero-order valence-electron chi connectivity index (χ0n) is 6.77. The number of halogens is 1.